The number of furan rings is 1. The summed E-state index contributed by atoms with van der Waals surface area (Å²) in [6, 6.07) is 14.9. The minimum absolute atomic E-state index is 0.164. The van der Waals surface area contributed by atoms with Crippen molar-refractivity contribution in [3.8, 4) is 0 Å². The van der Waals surface area contributed by atoms with E-state index in [4.69, 9.17) is 27.6 Å². The standard InChI is InChI=1S/C20H15Cl2N3O3/c1-12(24-25-20(27)18-6-3-9-28-18)13-4-2-5-15(10-13)23-19(26)16-8-7-14(21)11-17(16)22/h2-11H,1H3,(H,23,26)(H,25,27)/b24-12-. The number of carbonyl (C=O) groups is 2. The highest BCUT2D eigenvalue weighted by atomic mass is 35.5. The molecule has 142 valence electrons. The number of halogens is 2. The molecule has 0 fully saturated rings. The highest BCUT2D eigenvalue weighted by molar-refractivity contribution is 6.37. The average molecular weight is 416 g/mol. The van der Waals surface area contributed by atoms with Gasteiger partial charge < -0.3 is 9.73 Å². The Labute approximate surface area is 171 Å². The number of nitrogens with zero attached hydrogens (tertiary/aromatic N) is 1. The summed E-state index contributed by atoms with van der Waals surface area (Å²) >= 11 is 11.9. The van der Waals surface area contributed by atoms with Crippen LogP contribution in [0.15, 0.2) is 70.4 Å². The molecular formula is C20H15Cl2N3O3. The number of benzene rings is 2. The number of hydrazone groups is 1. The summed E-state index contributed by atoms with van der Waals surface area (Å²) in [4.78, 5) is 24.3. The average Bonchev–Trinajstić information content (AvgIpc) is 3.20. The molecule has 0 aliphatic carbocycles. The maximum Gasteiger partial charge on any atom is 0.307 e. The topological polar surface area (TPSA) is 83.7 Å². The summed E-state index contributed by atoms with van der Waals surface area (Å²) in [7, 11) is 0. The Bertz CT molecular complexity index is 1050. The van der Waals surface area contributed by atoms with Gasteiger partial charge in [0.05, 0.1) is 22.6 Å². The summed E-state index contributed by atoms with van der Waals surface area (Å²) in [5.41, 5.74) is 4.57. The third-order valence-electron chi connectivity index (χ3n) is 3.78. The van der Waals surface area contributed by atoms with Gasteiger partial charge in [0.2, 0.25) is 0 Å². The molecular weight excluding hydrogens is 401 g/mol. The highest BCUT2D eigenvalue weighted by Crippen LogP contribution is 2.22. The Balaban J connectivity index is 1.71. The molecule has 6 nitrogen and oxygen atoms in total. The molecule has 0 saturated carbocycles. The van der Waals surface area contributed by atoms with Crippen molar-refractivity contribution in [1.82, 2.24) is 5.43 Å². The van der Waals surface area contributed by atoms with E-state index >= 15 is 0 Å². The van der Waals surface area contributed by atoms with Crippen LogP contribution in [0.25, 0.3) is 0 Å². The molecule has 0 atom stereocenters. The molecule has 0 aliphatic heterocycles. The molecule has 0 radical (unpaired) electrons. The van der Waals surface area contributed by atoms with Gasteiger partial charge in [0, 0.05) is 10.7 Å². The molecule has 0 unspecified atom stereocenters. The maximum atomic E-state index is 12.4. The molecule has 0 bridgehead atoms. The molecule has 0 saturated heterocycles. The zero-order valence-corrected chi connectivity index (χ0v) is 16.2. The van der Waals surface area contributed by atoms with Crippen molar-refractivity contribution < 1.29 is 14.0 Å². The molecule has 3 aromatic rings. The molecule has 1 aromatic heterocycles. The molecule has 2 amide bonds. The zero-order chi connectivity index (χ0) is 20.1. The Hall–Kier alpha value is -3.09. The summed E-state index contributed by atoms with van der Waals surface area (Å²) < 4.78 is 5.01. The van der Waals surface area contributed by atoms with Crippen molar-refractivity contribution in [1.29, 1.82) is 0 Å². The van der Waals surface area contributed by atoms with Gasteiger partial charge in [-0.15, -0.1) is 0 Å². The van der Waals surface area contributed by atoms with E-state index in [1.54, 1.807) is 43.3 Å². The second-order valence-electron chi connectivity index (χ2n) is 5.77. The molecule has 28 heavy (non-hydrogen) atoms. The van der Waals surface area contributed by atoms with Crippen LogP contribution in [0.5, 0.6) is 0 Å². The van der Waals surface area contributed by atoms with Gasteiger partial charge in [-0.05, 0) is 55.0 Å². The zero-order valence-electron chi connectivity index (χ0n) is 14.7. The van der Waals surface area contributed by atoms with Crippen LogP contribution in [0, 0.1) is 0 Å². The molecule has 2 aromatic carbocycles. The number of rotatable bonds is 5. The number of anilines is 1. The minimum atomic E-state index is -0.453. The number of hydrogen-bond acceptors (Lipinski definition) is 4. The van der Waals surface area contributed by atoms with Crippen molar-refractivity contribution in [2.45, 2.75) is 6.92 Å². The lowest BCUT2D eigenvalue weighted by molar-refractivity contribution is 0.0926. The first-order valence-electron chi connectivity index (χ1n) is 8.19. The fraction of sp³-hybridized carbons (Fsp3) is 0.0500. The number of carbonyl (C=O) groups excluding carboxylic acids is 2. The van der Waals surface area contributed by atoms with Crippen LogP contribution in [0.2, 0.25) is 10.0 Å². The van der Waals surface area contributed by atoms with Crippen LogP contribution in [-0.2, 0) is 0 Å². The van der Waals surface area contributed by atoms with E-state index in [2.05, 4.69) is 15.8 Å². The van der Waals surface area contributed by atoms with E-state index in [0.29, 0.717) is 22.0 Å². The third kappa shape index (κ3) is 4.79. The van der Waals surface area contributed by atoms with Crippen LogP contribution in [0.4, 0.5) is 5.69 Å². The van der Waals surface area contributed by atoms with Gasteiger partial charge >= 0.3 is 5.91 Å². The molecule has 0 aliphatic rings. The van der Waals surface area contributed by atoms with Crippen LogP contribution in [0.3, 0.4) is 0 Å². The van der Waals surface area contributed by atoms with Crippen LogP contribution < -0.4 is 10.7 Å². The van der Waals surface area contributed by atoms with Gasteiger partial charge in [-0.1, -0.05) is 35.3 Å². The smallest absolute Gasteiger partial charge is 0.307 e. The van der Waals surface area contributed by atoms with E-state index in [0.717, 1.165) is 5.56 Å². The SMILES string of the molecule is C/C(=N/NC(=O)c1ccco1)c1cccc(NC(=O)c2ccc(Cl)cc2Cl)c1. The first-order valence-corrected chi connectivity index (χ1v) is 8.94. The summed E-state index contributed by atoms with van der Waals surface area (Å²) in [6.45, 7) is 1.74. The van der Waals surface area contributed by atoms with Gasteiger partial charge in [0.1, 0.15) is 0 Å². The Morgan fingerprint density at radius 2 is 1.82 bits per heavy atom. The number of nitrogens with one attached hydrogen (secondary N) is 2. The third-order valence-corrected chi connectivity index (χ3v) is 4.33. The summed E-state index contributed by atoms with van der Waals surface area (Å²) in [5.74, 6) is -0.650. The second-order valence-corrected chi connectivity index (χ2v) is 6.62. The predicted octanol–water partition coefficient (Wildman–Crippen LogP) is 4.99. The molecule has 0 spiro atoms. The maximum absolute atomic E-state index is 12.4. The highest BCUT2D eigenvalue weighted by Gasteiger charge is 2.12. The van der Waals surface area contributed by atoms with Crippen molar-refractivity contribution >= 4 is 46.4 Å². The van der Waals surface area contributed by atoms with Gasteiger partial charge in [-0.25, -0.2) is 5.43 Å². The van der Waals surface area contributed by atoms with Crippen LogP contribution in [0.1, 0.15) is 33.4 Å². The van der Waals surface area contributed by atoms with Crippen LogP contribution >= 0.6 is 23.2 Å². The van der Waals surface area contributed by atoms with E-state index in [-0.39, 0.29) is 16.7 Å². The van der Waals surface area contributed by atoms with E-state index < -0.39 is 5.91 Å². The number of amides is 2. The van der Waals surface area contributed by atoms with E-state index in [9.17, 15) is 9.59 Å². The molecule has 2 N–H and O–H groups in total. The fourth-order valence-corrected chi connectivity index (χ4v) is 2.85. The van der Waals surface area contributed by atoms with Gasteiger partial charge in [-0.2, -0.15) is 5.10 Å². The van der Waals surface area contributed by atoms with Gasteiger partial charge in [-0.3, -0.25) is 9.59 Å². The van der Waals surface area contributed by atoms with Crippen molar-refractivity contribution in [2.75, 3.05) is 5.32 Å². The summed E-state index contributed by atoms with van der Waals surface area (Å²) in [6.07, 6.45) is 1.41. The first kappa shape index (κ1) is 19.7. The van der Waals surface area contributed by atoms with Crippen molar-refractivity contribution in [2.24, 2.45) is 5.10 Å². The molecule has 3 rings (SSSR count). The quantitative estimate of drug-likeness (QED) is 0.454. The largest absolute Gasteiger partial charge is 0.459 e. The van der Waals surface area contributed by atoms with Crippen molar-refractivity contribution in [3.63, 3.8) is 0 Å². The predicted molar refractivity (Wildman–Crippen MR) is 109 cm³/mol. The fourth-order valence-electron chi connectivity index (χ4n) is 2.36. The summed E-state index contributed by atoms with van der Waals surface area (Å²) in [5, 5.41) is 7.55. The monoisotopic (exact) mass is 415 g/mol. The van der Waals surface area contributed by atoms with E-state index in [1.165, 1.54) is 18.4 Å². The Morgan fingerprint density at radius 3 is 2.54 bits per heavy atom. The Kier molecular flexibility index (Phi) is 6.13. The minimum Gasteiger partial charge on any atom is -0.459 e. The van der Waals surface area contributed by atoms with E-state index in [1.807, 2.05) is 6.07 Å². The van der Waals surface area contributed by atoms with Gasteiger partial charge in [0.15, 0.2) is 5.76 Å². The molecule has 1 heterocycles. The second kappa shape index (κ2) is 8.73. The lowest BCUT2D eigenvalue weighted by Gasteiger charge is -2.09. The molecule has 8 heteroatoms. The number of hydrogen-bond donors (Lipinski definition) is 2. The first-order chi connectivity index (χ1) is 13.4. The van der Waals surface area contributed by atoms with Crippen LogP contribution in [-0.4, -0.2) is 17.5 Å². The normalized spacial score (nSPS) is 11.2. The Morgan fingerprint density at radius 1 is 1.00 bits per heavy atom. The lowest BCUT2D eigenvalue weighted by Crippen LogP contribution is -2.18. The van der Waals surface area contributed by atoms with Gasteiger partial charge in [0.25, 0.3) is 5.91 Å². The van der Waals surface area contributed by atoms with Crippen molar-refractivity contribution in [3.05, 3.63) is 87.8 Å². The lowest BCUT2D eigenvalue weighted by atomic mass is 10.1.